The summed E-state index contributed by atoms with van der Waals surface area (Å²) in [6.45, 7) is 6.29. The molecule has 8 nitrogen and oxygen atoms in total. The molecule has 1 aromatic carbocycles. The van der Waals surface area contributed by atoms with Gasteiger partial charge in [-0.05, 0) is 38.9 Å². The molecule has 5 rings (SSSR count). The molecule has 33 heavy (non-hydrogen) atoms. The Labute approximate surface area is 195 Å². The summed E-state index contributed by atoms with van der Waals surface area (Å²) < 4.78 is 6.32. The minimum atomic E-state index is -0.838. The zero-order chi connectivity index (χ0) is 23.2. The monoisotopic (exact) mass is 454 g/mol. The number of amides is 3. The molecule has 178 valence electrons. The van der Waals surface area contributed by atoms with Crippen LogP contribution in [-0.4, -0.2) is 102 Å². The highest BCUT2D eigenvalue weighted by molar-refractivity contribution is 5.98. The van der Waals surface area contributed by atoms with Crippen LogP contribution in [0, 0.1) is 12.8 Å². The Bertz CT molecular complexity index is 913. The molecule has 3 heterocycles. The number of carbonyl (C=O) groups excluding carboxylic acids is 3. The fourth-order valence-corrected chi connectivity index (χ4v) is 5.29. The van der Waals surface area contributed by atoms with Crippen molar-refractivity contribution in [2.75, 3.05) is 52.9 Å². The first-order valence-electron chi connectivity index (χ1n) is 12.2. The van der Waals surface area contributed by atoms with Crippen LogP contribution >= 0.6 is 0 Å². The third-order valence-corrected chi connectivity index (χ3v) is 7.66. The Morgan fingerprint density at radius 2 is 1.48 bits per heavy atom. The molecule has 1 aromatic rings. The van der Waals surface area contributed by atoms with Crippen molar-refractivity contribution < 1.29 is 19.1 Å². The summed E-state index contributed by atoms with van der Waals surface area (Å²) in [5.41, 5.74) is 0.809. The van der Waals surface area contributed by atoms with Crippen molar-refractivity contribution in [3.05, 3.63) is 35.4 Å². The normalized spacial score (nSPS) is 25.5. The molecule has 4 fully saturated rings. The van der Waals surface area contributed by atoms with Crippen LogP contribution in [0.25, 0.3) is 0 Å². The zero-order valence-corrected chi connectivity index (χ0v) is 19.7. The van der Waals surface area contributed by atoms with Crippen molar-refractivity contribution in [3.63, 3.8) is 0 Å². The van der Waals surface area contributed by atoms with Gasteiger partial charge in [-0.1, -0.05) is 17.7 Å². The van der Waals surface area contributed by atoms with Crippen LogP contribution < -0.4 is 0 Å². The molecule has 1 unspecified atom stereocenters. The maximum absolute atomic E-state index is 13.8. The Morgan fingerprint density at radius 3 is 2.09 bits per heavy atom. The van der Waals surface area contributed by atoms with Crippen LogP contribution in [-0.2, 0) is 14.3 Å². The second-order valence-corrected chi connectivity index (χ2v) is 10.0. The Kier molecular flexibility index (Phi) is 5.91. The van der Waals surface area contributed by atoms with E-state index in [1.54, 1.807) is 4.90 Å². The standard InChI is InChI=1S/C25H34N4O4/c1-18-3-5-20(6-4-18)23(31)29-21(24(32)28-15-13-26(2)14-16-28)17-33-25(29)9-11-27(12-10-25)22(30)19-7-8-19/h3-6,19,21H,7-17H2,1-2H3. The molecule has 1 atom stereocenters. The third-order valence-electron chi connectivity index (χ3n) is 7.66. The van der Waals surface area contributed by atoms with Crippen molar-refractivity contribution in [2.24, 2.45) is 5.92 Å². The van der Waals surface area contributed by atoms with Gasteiger partial charge in [-0.15, -0.1) is 0 Å². The van der Waals surface area contributed by atoms with Crippen LogP contribution in [0.15, 0.2) is 24.3 Å². The van der Waals surface area contributed by atoms with E-state index in [2.05, 4.69) is 11.9 Å². The van der Waals surface area contributed by atoms with E-state index in [1.807, 2.05) is 41.0 Å². The second kappa shape index (κ2) is 8.72. The maximum Gasteiger partial charge on any atom is 0.256 e. The smallest absolute Gasteiger partial charge is 0.256 e. The lowest BCUT2D eigenvalue weighted by atomic mass is 9.96. The van der Waals surface area contributed by atoms with Crippen LogP contribution in [0.3, 0.4) is 0 Å². The number of likely N-dealkylation sites (tertiary alicyclic amines) is 1. The van der Waals surface area contributed by atoms with Gasteiger partial charge in [0.25, 0.3) is 5.91 Å². The van der Waals surface area contributed by atoms with Gasteiger partial charge < -0.3 is 19.4 Å². The van der Waals surface area contributed by atoms with Crippen LogP contribution in [0.2, 0.25) is 0 Å². The van der Waals surface area contributed by atoms with E-state index in [-0.39, 0.29) is 30.2 Å². The molecule has 8 heteroatoms. The average molecular weight is 455 g/mol. The number of likely N-dealkylation sites (N-methyl/N-ethyl adjacent to an activating group) is 1. The number of rotatable bonds is 3. The van der Waals surface area contributed by atoms with Gasteiger partial charge in [0, 0.05) is 63.6 Å². The van der Waals surface area contributed by atoms with Gasteiger partial charge in [-0.25, -0.2) is 0 Å². The SMILES string of the molecule is Cc1ccc(C(=O)N2C(C(=O)N3CCN(C)CC3)COC23CCN(C(=O)C2CC2)CC3)cc1. The molecule has 1 saturated carbocycles. The van der Waals surface area contributed by atoms with Crippen molar-refractivity contribution in [2.45, 2.75) is 44.4 Å². The molecular formula is C25H34N4O4. The molecule has 0 N–H and O–H groups in total. The van der Waals surface area contributed by atoms with Crippen LogP contribution in [0.5, 0.6) is 0 Å². The Morgan fingerprint density at radius 1 is 0.879 bits per heavy atom. The lowest BCUT2D eigenvalue weighted by molar-refractivity contribution is -0.146. The number of hydrogen-bond acceptors (Lipinski definition) is 5. The van der Waals surface area contributed by atoms with Gasteiger partial charge >= 0.3 is 0 Å². The number of aryl methyl sites for hydroxylation is 1. The molecule has 0 bridgehead atoms. The fourth-order valence-electron chi connectivity index (χ4n) is 5.29. The lowest BCUT2D eigenvalue weighted by Gasteiger charge is -2.45. The predicted octanol–water partition coefficient (Wildman–Crippen LogP) is 1.34. The Balaban J connectivity index is 1.39. The quantitative estimate of drug-likeness (QED) is 0.689. The number of piperazine rings is 1. The van der Waals surface area contributed by atoms with Gasteiger partial charge in [0.1, 0.15) is 11.8 Å². The molecule has 4 aliphatic rings. The summed E-state index contributed by atoms with van der Waals surface area (Å²) in [6, 6.07) is 6.86. The third kappa shape index (κ3) is 4.26. The summed E-state index contributed by atoms with van der Waals surface area (Å²) in [4.78, 5) is 47.7. The maximum atomic E-state index is 13.8. The minimum absolute atomic E-state index is 0.0306. The van der Waals surface area contributed by atoms with Gasteiger partial charge in [0.15, 0.2) is 0 Å². The van der Waals surface area contributed by atoms with Gasteiger partial charge in [-0.3, -0.25) is 19.3 Å². The number of nitrogens with zero attached hydrogens (tertiary/aromatic N) is 4. The molecule has 1 spiro atoms. The van der Waals surface area contributed by atoms with E-state index < -0.39 is 11.8 Å². The first-order chi connectivity index (χ1) is 15.9. The van der Waals surface area contributed by atoms with Crippen molar-refractivity contribution >= 4 is 17.7 Å². The number of carbonyl (C=O) groups is 3. The summed E-state index contributed by atoms with van der Waals surface area (Å²) in [7, 11) is 2.05. The first kappa shape index (κ1) is 22.3. The molecular weight excluding hydrogens is 420 g/mol. The highest BCUT2D eigenvalue weighted by Crippen LogP contribution is 2.40. The topological polar surface area (TPSA) is 73.4 Å². The lowest BCUT2D eigenvalue weighted by Crippen LogP contribution is -2.61. The van der Waals surface area contributed by atoms with Crippen molar-refractivity contribution in [1.29, 1.82) is 0 Å². The average Bonchev–Trinajstić information content (AvgIpc) is 3.62. The van der Waals surface area contributed by atoms with Gasteiger partial charge in [0.05, 0.1) is 6.61 Å². The van der Waals surface area contributed by atoms with E-state index in [1.165, 1.54) is 0 Å². The molecule has 3 amide bonds. The fraction of sp³-hybridized carbons (Fsp3) is 0.640. The summed E-state index contributed by atoms with van der Waals surface area (Å²) in [5, 5.41) is 0. The molecule has 1 aliphatic carbocycles. The predicted molar refractivity (Wildman–Crippen MR) is 122 cm³/mol. The van der Waals surface area contributed by atoms with Crippen molar-refractivity contribution in [1.82, 2.24) is 19.6 Å². The van der Waals surface area contributed by atoms with Crippen LogP contribution in [0.4, 0.5) is 0 Å². The zero-order valence-electron chi connectivity index (χ0n) is 19.7. The highest BCUT2D eigenvalue weighted by atomic mass is 16.5. The number of benzene rings is 1. The van der Waals surface area contributed by atoms with E-state index in [4.69, 9.17) is 4.74 Å². The molecule has 0 aromatic heterocycles. The van der Waals surface area contributed by atoms with E-state index in [0.717, 1.165) is 31.5 Å². The number of ether oxygens (including phenoxy) is 1. The highest BCUT2D eigenvalue weighted by Gasteiger charge is 2.55. The molecule has 0 radical (unpaired) electrons. The number of piperidine rings is 1. The van der Waals surface area contributed by atoms with E-state index in [9.17, 15) is 14.4 Å². The summed E-state index contributed by atoms with van der Waals surface area (Å²) in [5.74, 6) is 0.212. The van der Waals surface area contributed by atoms with Crippen LogP contribution in [0.1, 0.15) is 41.6 Å². The van der Waals surface area contributed by atoms with Gasteiger partial charge in [-0.2, -0.15) is 0 Å². The summed E-state index contributed by atoms with van der Waals surface area (Å²) in [6.07, 6.45) is 3.04. The molecule has 3 aliphatic heterocycles. The van der Waals surface area contributed by atoms with E-state index in [0.29, 0.717) is 44.6 Å². The summed E-state index contributed by atoms with van der Waals surface area (Å²) >= 11 is 0. The second-order valence-electron chi connectivity index (χ2n) is 10.0. The first-order valence-corrected chi connectivity index (χ1v) is 12.2. The number of hydrogen-bond donors (Lipinski definition) is 0. The van der Waals surface area contributed by atoms with Crippen molar-refractivity contribution in [3.8, 4) is 0 Å². The minimum Gasteiger partial charge on any atom is -0.353 e. The largest absolute Gasteiger partial charge is 0.353 e. The molecule has 3 saturated heterocycles. The Hall–Kier alpha value is -2.45. The van der Waals surface area contributed by atoms with E-state index >= 15 is 0 Å². The van der Waals surface area contributed by atoms with Gasteiger partial charge in [0.2, 0.25) is 11.8 Å².